The first-order chi connectivity index (χ1) is 15.1. The molecule has 0 bridgehead atoms. The molecule has 1 aliphatic rings. The van der Waals surface area contributed by atoms with Gasteiger partial charge < -0.3 is 10.2 Å². The van der Waals surface area contributed by atoms with Gasteiger partial charge in [-0.1, -0.05) is 35.9 Å². The van der Waals surface area contributed by atoms with Crippen LogP contribution in [0.3, 0.4) is 0 Å². The fraction of sp³-hybridized carbons (Fsp3) is 0.240. The van der Waals surface area contributed by atoms with Gasteiger partial charge in [0.25, 0.3) is 5.91 Å². The maximum atomic E-state index is 13.1. The first-order valence-electron chi connectivity index (χ1n) is 10.5. The summed E-state index contributed by atoms with van der Waals surface area (Å²) in [7, 11) is 0. The van der Waals surface area contributed by atoms with E-state index in [-0.39, 0.29) is 11.9 Å². The minimum Gasteiger partial charge on any atom is -0.348 e. The second kappa shape index (κ2) is 9.43. The van der Waals surface area contributed by atoms with Crippen LogP contribution in [0.1, 0.15) is 33.5 Å². The number of aromatic nitrogens is 1. The topological polar surface area (TPSA) is 65.5 Å². The Morgan fingerprint density at radius 1 is 1.03 bits per heavy atom. The van der Waals surface area contributed by atoms with Crippen LogP contribution in [0, 0.1) is 6.92 Å². The van der Waals surface area contributed by atoms with Crippen LogP contribution >= 0.6 is 0 Å². The van der Waals surface area contributed by atoms with Gasteiger partial charge in [0.2, 0.25) is 0 Å². The van der Waals surface area contributed by atoms with Gasteiger partial charge >= 0.3 is 6.03 Å². The molecule has 3 aromatic rings. The molecule has 3 amide bonds. The van der Waals surface area contributed by atoms with Crippen molar-refractivity contribution in [3.05, 3.63) is 95.3 Å². The Labute approximate surface area is 182 Å². The molecule has 1 N–H and O–H groups in total. The molecule has 6 heteroatoms. The summed E-state index contributed by atoms with van der Waals surface area (Å²) >= 11 is 0. The van der Waals surface area contributed by atoms with E-state index in [0.717, 1.165) is 29.8 Å². The highest BCUT2D eigenvalue weighted by Gasteiger charge is 2.26. The van der Waals surface area contributed by atoms with Gasteiger partial charge in [0.15, 0.2) is 0 Å². The number of nitrogens with zero attached hydrogens (tertiary/aromatic N) is 3. The van der Waals surface area contributed by atoms with Crippen LogP contribution in [0.15, 0.2) is 73.1 Å². The fourth-order valence-corrected chi connectivity index (χ4v) is 3.78. The zero-order chi connectivity index (χ0) is 21.6. The molecular weight excluding hydrogens is 388 g/mol. The Morgan fingerprint density at radius 3 is 2.58 bits per heavy atom. The second-order valence-electron chi connectivity index (χ2n) is 7.79. The smallest absolute Gasteiger partial charge is 0.324 e. The van der Waals surface area contributed by atoms with E-state index in [1.165, 1.54) is 5.56 Å². The Kier molecular flexibility index (Phi) is 6.26. The second-order valence-corrected chi connectivity index (χ2v) is 7.79. The zero-order valence-electron chi connectivity index (χ0n) is 17.6. The van der Waals surface area contributed by atoms with Gasteiger partial charge in [0.05, 0.1) is 0 Å². The summed E-state index contributed by atoms with van der Waals surface area (Å²) in [4.78, 5) is 33.2. The lowest BCUT2D eigenvalue weighted by Gasteiger charge is -2.35. The molecule has 1 fully saturated rings. The average molecular weight is 415 g/mol. The minimum absolute atomic E-state index is 0.00142. The Bertz CT molecular complexity index is 1050. The maximum absolute atomic E-state index is 13.1. The SMILES string of the molecule is Cc1cccc(CN2CCCN(c3ccc(C(=O)NCc4cccnc4)cc3)C2=O)c1. The van der Waals surface area contributed by atoms with Gasteiger partial charge in [0, 0.05) is 49.8 Å². The van der Waals surface area contributed by atoms with Crippen molar-refractivity contribution in [3.8, 4) is 0 Å². The van der Waals surface area contributed by atoms with Crippen molar-refractivity contribution >= 4 is 17.6 Å². The van der Waals surface area contributed by atoms with Crippen molar-refractivity contribution in [2.45, 2.75) is 26.4 Å². The maximum Gasteiger partial charge on any atom is 0.324 e. The molecule has 0 unspecified atom stereocenters. The summed E-state index contributed by atoms with van der Waals surface area (Å²) in [6.45, 7) is 4.51. The number of benzene rings is 2. The number of urea groups is 1. The predicted octanol–water partition coefficient (Wildman–Crippen LogP) is 4.15. The Balaban J connectivity index is 1.39. The number of aryl methyl sites for hydroxylation is 1. The summed E-state index contributed by atoms with van der Waals surface area (Å²) in [6, 6.07) is 19.2. The molecule has 6 nitrogen and oxygen atoms in total. The van der Waals surface area contributed by atoms with Crippen molar-refractivity contribution < 1.29 is 9.59 Å². The highest BCUT2D eigenvalue weighted by atomic mass is 16.2. The van der Waals surface area contributed by atoms with E-state index in [4.69, 9.17) is 0 Å². The Morgan fingerprint density at radius 2 is 1.84 bits per heavy atom. The van der Waals surface area contributed by atoms with Crippen LogP contribution in [-0.2, 0) is 13.1 Å². The van der Waals surface area contributed by atoms with Crippen molar-refractivity contribution in [2.24, 2.45) is 0 Å². The molecule has 31 heavy (non-hydrogen) atoms. The van der Waals surface area contributed by atoms with Crippen molar-refractivity contribution in [1.82, 2.24) is 15.2 Å². The largest absolute Gasteiger partial charge is 0.348 e. The number of anilines is 1. The number of hydrogen-bond acceptors (Lipinski definition) is 3. The molecular formula is C25H26N4O2. The molecule has 1 aliphatic heterocycles. The van der Waals surface area contributed by atoms with E-state index in [9.17, 15) is 9.59 Å². The van der Waals surface area contributed by atoms with Crippen LogP contribution in [-0.4, -0.2) is 34.9 Å². The summed E-state index contributed by atoms with van der Waals surface area (Å²) in [5.41, 5.74) is 4.64. The van der Waals surface area contributed by atoms with E-state index in [1.54, 1.807) is 29.4 Å². The summed E-state index contributed by atoms with van der Waals surface area (Å²) < 4.78 is 0. The van der Waals surface area contributed by atoms with Gasteiger partial charge in [-0.25, -0.2) is 4.79 Å². The molecule has 2 aromatic carbocycles. The van der Waals surface area contributed by atoms with Crippen molar-refractivity contribution in [1.29, 1.82) is 0 Å². The monoisotopic (exact) mass is 414 g/mol. The normalized spacial score (nSPS) is 13.9. The summed E-state index contributed by atoms with van der Waals surface area (Å²) in [5, 5.41) is 2.89. The van der Waals surface area contributed by atoms with Crippen LogP contribution < -0.4 is 10.2 Å². The van der Waals surface area contributed by atoms with E-state index in [1.807, 2.05) is 35.2 Å². The lowest BCUT2D eigenvalue weighted by molar-refractivity contribution is 0.0951. The molecule has 1 aromatic heterocycles. The van der Waals surface area contributed by atoms with Crippen molar-refractivity contribution in [3.63, 3.8) is 0 Å². The molecule has 0 aliphatic carbocycles. The molecule has 2 heterocycles. The standard InChI is InChI=1S/C25H26N4O2/c1-19-5-2-6-20(15-19)18-28-13-4-14-29(25(28)31)23-10-8-22(9-11-23)24(30)27-17-21-7-3-12-26-16-21/h2-3,5-12,15-16H,4,13-14,17-18H2,1H3,(H,27,30). The van der Waals surface area contributed by atoms with Gasteiger partial charge in [-0.2, -0.15) is 0 Å². The number of rotatable bonds is 6. The van der Waals surface area contributed by atoms with E-state index in [2.05, 4.69) is 35.4 Å². The third-order valence-electron chi connectivity index (χ3n) is 5.38. The first-order valence-corrected chi connectivity index (χ1v) is 10.5. The van der Waals surface area contributed by atoms with Crippen LogP contribution in [0.4, 0.5) is 10.5 Å². The lowest BCUT2D eigenvalue weighted by atomic mass is 10.1. The van der Waals surface area contributed by atoms with Gasteiger partial charge in [-0.3, -0.25) is 14.7 Å². The number of carbonyl (C=O) groups is 2. The molecule has 0 atom stereocenters. The number of carbonyl (C=O) groups excluding carboxylic acids is 2. The molecule has 0 spiro atoms. The minimum atomic E-state index is -0.151. The van der Waals surface area contributed by atoms with Gasteiger partial charge in [-0.05, 0) is 54.8 Å². The molecule has 0 saturated carbocycles. The third kappa shape index (κ3) is 5.09. The highest BCUT2D eigenvalue weighted by molar-refractivity contribution is 5.96. The number of nitrogens with one attached hydrogen (secondary N) is 1. The molecule has 1 saturated heterocycles. The van der Waals surface area contributed by atoms with E-state index in [0.29, 0.717) is 25.2 Å². The molecule has 4 rings (SSSR count). The van der Waals surface area contributed by atoms with Gasteiger partial charge in [-0.15, -0.1) is 0 Å². The van der Waals surface area contributed by atoms with Crippen molar-refractivity contribution in [2.75, 3.05) is 18.0 Å². The van der Waals surface area contributed by atoms with Crippen LogP contribution in [0.25, 0.3) is 0 Å². The number of hydrogen-bond donors (Lipinski definition) is 1. The first kappa shape index (κ1) is 20.6. The lowest BCUT2D eigenvalue weighted by Crippen LogP contribution is -2.49. The molecule has 158 valence electrons. The van der Waals surface area contributed by atoms with Gasteiger partial charge in [0.1, 0.15) is 0 Å². The van der Waals surface area contributed by atoms with E-state index < -0.39 is 0 Å². The zero-order valence-corrected chi connectivity index (χ0v) is 17.6. The van der Waals surface area contributed by atoms with Crippen LogP contribution in [0.2, 0.25) is 0 Å². The fourth-order valence-electron chi connectivity index (χ4n) is 3.78. The number of amides is 3. The summed E-state index contributed by atoms with van der Waals surface area (Å²) in [5.74, 6) is -0.151. The van der Waals surface area contributed by atoms with Crippen LogP contribution in [0.5, 0.6) is 0 Å². The third-order valence-corrected chi connectivity index (χ3v) is 5.38. The molecule has 0 radical (unpaired) electrons. The quantitative estimate of drug-likeness (QED) is 0.659. The average Bonchev–Trinajstić information content (AvgIpc) is 2.80. The predicted molar refractivity (Wildman–Crippen MR) is 121 cm³/mol. The summed E-state index contributed by atoms with van der Waals surface area (Å²) in [6.07, 6.45) is 4.34. The Hall–Kier alpha value is -3.67. The number of pyridine rings is 1. The van der Waals surface area contributed by atoms with E-state index >= 15 is 0 Å². The highest BCUT2D eigenvalue weighted by Crippen LogP contribution is 2.22.